The molecule has 0 aliphatic heterocycles. The number of hydrogen-bond acceptors (Lipinski definition) is 2. The van der Waals surface area contributed by atoms with Crippen molar-refractivity contribution >= 4 is 23.2 Å². The molecule has 0 N–H and O–H groups in total. The third-order valence-corrected chi connectivity index (χ3v) is 2.86. The minimum Gasteiger partial charge on any atom is -0.291 e. The van der Waals surface area contributed by atoms with Crippen LogP contribution in [0.2, 0.25) is 5.02 Å². The third-order valence-electron chi connectivity index (χ3n) is 2.62. The Labute approximate surface area is 110 Å². The van der Waals surface area contributed by atoms with E-state index in [-0.39, 0.29) is 0 Å². The third kappa shape index (κ3) is 2.66. The lowest BCUT2D eigenvalue weighted by Gasteiger charge is -2.03. The van der Waals surface area contributed by atoms with Gasteiger partial charge in [0.2, 0.25) is 5.78 Å². The molecule has 0 aromatic heterocycles. The van der Waals surface area contributed by atoms with Gasteiger partial charge in [0.1, 0.15) is 0 Å². The normalized spacial score (nSPS) is 10.1. The molecule has 0 atom stereocenters. The van der Waals surface area contributed by atoms with Crippen LogP contribution in [0.25, 0.3) is 11.1 Å². The molecule has 0 heterocycles. The Morgan fingerprint density at radius 1 is 0.944 bits per heavy atom. The van der Waals surface area contributed by atoms with Crippen LogP contribution in [0, 0.1) is 0 Å². The van der Waals surface area contributed by atoms with E-state index in [1.54, 1.807) is 18.2 Å². The van der Waals surface area contributed by atoms with Crippen LogP contribution >= 0.6 is 11.6 Å². The Kier molecular flexibility index (Phi) is 3.58. The second kappa shape index (κ2) is 5.15. The fourth-order valence-corrected chi connectivity index (χ4v) is 1.88. The summed E-state index contributed by atoms with van der Waals surface area (Å²) in [7, 11) is 0. The van der Waals surface area contributed by atoms with Gasteiger partial charge in [0.25, 0.3) is 0 Å². The van der Waals surface area contributed by atoms with Gasteiger partial charge in [-0.25, -0.2) is 0 Å². The molecule has 90 valence electrons. The topological polar surface area (TPSA) is 34.1 Å². The van der Waals surface area contributed by atoms with Crippen LogP contribution in [-0.4, -0.2) is 11.6 Å². The minimum absolute atomic E-state index is 0.410. The fourth-order valence-electron chi connectivity index (χ4n) is 1.69. The van der Waals surface area contributed by atoms with Gasteiger partial charge < -0.3 is 0 Å². The first-order valence-electron chi connectivity index (χ1n) is 5.49. The van der Waals surface area contributed by atoms with Gasteiger partial charge in [-0.15, -0.1) is 0 Å². The minimum atomic E-state index is -0.465. The summed E-state index contributed by atoms with van der Waals surface area (Å²) in [5.74, 6) is -0.918. The maximum atomic E-state index is 11.5. The van der Waals surface area contributed by atoms with Crippen LogP contribution in [-0.2, 0) is 4.79 Å². The molecule has 0 unspecified atom stereocenters. The molecule has 0 saturated heterocycles. The quantitative estimate of drug-likeness (QED) is 0.620. The van der Waals surface area contributed by atoms with Crippen LogP contribution in [0.1, 0.15) is 17.3 Å². The van der Waals surface area contributed by atoms with E-state index in [0.717, 1.165) is 11.1 Å². The number of benzene rings is 2. The van der Waals surface area contributed by atoms with Crippen LogP contribution in [0.5, 0.6) is 0 Å². The summed E-state index contributed by atoms with van der Waals surface area (Å²) in [6, 6.07) is 14.4. The molecule has 0 fully saturated rings. The Morgan fingerprint density at radius 3 is 2.17 bits per heavy atom. The standard InChI is InChI=1S/C15H11ClO2/c1-10(17)15(18)12-7-5-11(6-8-12)13-3-2-4-14(16)9-13/h2-9H,1H3. The maximum absolute atomic E-state index is 11.5. The van der Waals surface area contributed by atoms with Crippen LogP contribution in [0.15, 0.2) is 48.5 Å². The highest BCUT2D eigenvalue weighted by Gasteiger charge is 2.10. The lowest BCUT2D eigenvalue weighted by molar-refractivity contribution is -0.113. The molecule has 0 bridgehead atoms. The Balaban J connectivity index is 2.33. The zero-order chi connectivity index (χ0) is 13.1. The van der Waals surface area contributed by atoms with E-state index >= 15 is 0 Å². The molecule has 0 saturated carbocycles. The van der Waals surface area contributed by atoms with E-state index in [2.05, 4.69) is 0 Å². The highest BCUT2D eigenvalue weighted by atomic mass is 35.5. The summed E-state index contributed by atoms with van der Waals surface area (Å²) in [6.07, 6.45) is 0. The largest absolute Gasteiger partial charge is 0.291 e. The predicted octanol–water partition coefficient (Wildman–Crippen LogP) is 3.78. The molecule has 2 aromatic carbocycles. The van der Waals surface area contributed by atoms with Crippen molar-refractivity contribution < 1.29 is 9.59 Å². The van der Waals surface area contributed by atoms with E-state index < -0.39 is 11.6 Å². The van der Waals surface area contributed by atoms with Crippen molar-refractivity contribution in [2.45, 2.75) is 6.92 Å². The van der Waals surface area contributed by atoms with Crippen molar-refractivity contribution in [2.75, 3.05) is 0 Å². The van der Waals surface area contributed by atoms with Gasteiger partial charge >= 0.3 is 0 Å². The first-order valence-corrected chi connectivity index (χ1v) is 5.87. The van der Waals surface area contributed by atoms with Gasteiger partial charge in [0.15, 0.2) is 5.78 Å². The summed E-state index contributed by atoms with van der Waals surface area (Å²) in [4.78, 5) is 22.5. The molecule has 3 heteroatoms. The average molecular weight is 259 g/mol. The molecular weight excluding hydrogens is 248 g/mol. The van der Waals surface area contributed by atoms with E-state index in [9.17, 15) is 9.59 Å². The van der Waals surface area contributed by atoms with E-state index in [0.29, 0.717) is 10.6 Å². The zero-order valence-electron chi connectivity index (χ0n) is 9.81. The van der Waals surface area contributed by atoms with Crippen LogP contribution in [0.4, 0.5) is 0 Å². The molecule has 0 aliphatic rings. The SMILES string of the molecule is CC(=O)C(=O)c1ccc(-c2cccc(Cl)c2)cc1. The smallest absolute Gasteiger partial charge is 0.228 e. The molecule has 2 nitrogen and oxygen atoms in total. The number of carbonyl (C=O) groups is 2. The van der Waals surface area contributed by atoms with Crippen LogP contribution in [0.3, 0.4) is 0 Å². The molecule has 0 radical (unpaired) electrons. The van der Waals surface area contributed by atoms with E-state index in [1.165, 1.54) is 6.92 Å². The zero-order valence-corrected chi connectivity index (χ0v) is 10.6. The van der Waals surface area contributed by atoms with Crippen molar-refractivity contribution in [1.29, 1.82) is 0 Å². The molecule has 2 rings (SSSR count). The summed E-state index contributed by atoms with van der Waals surface area (Å²) in [5.41, 5.74) is 2.34. The fraction of sp³-hybridized carbons (Fsp3) is 0.0667. The lowest BCUT2D eigenvalue weighted by atomic mass is 10.0. The lowest BCUT2D eigenvalue weighted by Crippen LogP contribution is -2.09. The molecule has 2 aromatic rings. The summed E-state index contributed by atoms with van der Waals surface area (Å²) < 4.78 is 0. The van der Waals surface area contributed by atoms with Crippen molar-refractivity contribution in [3.8, 4) is 11.1 Å². The molecule has 0 aliphatic carbocycles. The van der Waals surface area contributed by atoms with Gasteiger partial charge in [-0.3, -0.25) is 9.59 Å². The number of Topliss-reactive ketones (excluding diaryl/α,β-unsaturated/α-hetero) is 2. The monoisotopic (exact) mass is 258 g/mol. The average Bonchev–Trinajstić information content (AvgIpc) is 2.38. The number of ketones is 2. The predicted molar refractivity (Wildman–Crippen MR) is 71.9 cm³/mol. The highest BCUT2D eigenvalue weighted by molar-refractivity contribution is 6.42. The second-order valence-corrected chi connectivity index (χ2v) is 4.41. The van der Waals surface area contributed by atoms with Crippen molar-refractivity contribution in [1.82, 2.24) is 0 Å². The van der Waals surface area contributed by atoms with Crippen molar-refractivity contribution in [2.24, 2.45) is 0 Å². The van der Waals surface area contributed by atoms with E-state index in [1.807, 2.05) is 30.3 Å². The van der Waals surface area contributed by atoms with Gasteiger partial charge in [-0.2, -0.15) is 0 Å². The van der Waals surface area contributed by atoms with Gasteiger partial charge in [-0.05, 0) is 23.3 Å². The Bertz CT molecular complexity index is 600. The molecule has 0 spiro atoms. The molecule has 18 heavy (non-hydrogen) atoms. The van der Waals surface area contributed by atoms with Crippen molar-refractivity contribution in [3.63, 3.8) is 0 Å². The molecule has 0 amide bonds. The Hall–Kier alpha value is -1.93. The summed E-state index contributed by atoms with van der Waals surface area (Å²) in [5, 5.41) is 0.663. The second-order valence-electron chi connectivity index (χ2n) is 3.97. The summed E-state index contributed by atoms with van der Waals surface area (Å²) >= 11 is 5.92. The van der Waals surface area contributed by atoms with Gasteiger partial charge in [-0.1, -0.05) is 48.0 Å². The van der Waals surface area contributed by atoms with Gasteiger partial charge in [0, 0.05) is 17.5 Å². The van der Waals surface area contributed by atoms with Gasteiger partial charge in [0.05, 0.1) is 0 Å². The number of carbonyl (C=O) groups excluding carboxylic acids is 2. The highest BCUT2D eigenvalue weighted by Crippen LogP contribution is 2.23. The van der Waals surface area contributed by atoms with Crippen LogP contribution < -0.4 is 0 Å². The number of rotatable bonds is 3. The first kappa shape index (κ1) is 12.5. The Morgan fingerprint density at radius 2 is 1.61 bits per heavy atom. The van der Waals surface area contributed by atoms with E-state index in [4.69, 9.17) is 11.6 Å². The first-order chi connectivity index (χ1) is 8.58. The number of halogens is 1. The molecular formula is C15H11ClO2. The van der Waals surface area contributed by atoms with Crippen molar-refractivity contribution in [3.05, 3.63) is 59.1 Å². The maximum Gasteiger partial charge on any atom is 0.228 e. The summed E-state index contributed by atoms with van der Waals surface area (Å²) in [6.45, 7) is 1.27. The number of hydrogen-bond donors (Lipinski definition) is 0.